The molecule has 8 nitrogen and oxygen atoms in total. The minimum absolute atomic E-state index is 0.188. The van der Waals surface area contributed by atoms with Crippen LogP contribution in [0.1, 0.15) is 34.1 Å². The average molecular weight is 384 g/mol. The zero-order chi connectivity index (χ0) is 20.5. The summed E-state index contributed by atoms with van der Waals surface area (Å²) in [4.78, 5) is 47.5. The molecule has 8 heteroatoms. The Morgan fingerprint density at radius 1 is 0.857 bits per heavy atom. The molecular formula is C20H20N2O6. The monoisotopic (exact) mass is 384 g/mol. The molecule has 0 radical (unpaired) electrons. The van der Waals surface area contributed by atoms with Crippen LogP contribution in [-0.4, -0.2) is 37.5 Å². The molecule has 0 fully saturated rings. The Morgan fingerprint density at radius 3 is 2.14 bits per heavy atom. The number of hydrogen-bond donors (Lipinski definition) is 2. The smallest absolute Gasteiger partial charge is 0.339 e. The second kappa shape index (κ2) is 9.86. The predicted octanol–water partition coefficient (Wildman–Crippen LogP) is 2.62. The van der Waals surface area contributed by atoms with Crippen LogP contribution in [-0.2, 0) is 19.1 Å². The molecule has 2 rings (SSSR count). The van der Waals surface area contributed by atoms with Crippen LogP contribution in [0.3, 0.4) is 0 Å². The van der Waals surface area contributed by atoms with Crippen molar-refractivity contribution in [1.82, 2.24) is 0 Å². The number of rotatable bonds is 7. The molecule has 2 aromatic rings. The second-order valence-electron chi connectivity index (χ2n) is 5.61. The van der Waals surface area contributed by atoms with Gasteiger partial charge in [-0.25, -0.2) is 9.59 Å². The summed E-state index contributed by atoms with van der Waals surface area (Å²) in [6.45, 7) is 1.98. The average Bonchev–Trinajstić information content (AvgIpc) is 2.68. The molecule has 28 heavy (non-hydrogen) atoms. The van der Waals surface area contributed by atoms with Crippen molar-refractivity contribution < 1.29 is 28.7 Å². The number of methoxy groups -OCH3 is 1. The molecule has 0 saturated heterocycles. The van der Waals surface area contributed by atoms with E-state index in [4.69, 9.17) is 4.74 Å². The van der Waals surface area contributed by atoms with E-state index in [0.29, 0.717) is 11.3 Å². The van der Waals surface area contributed by atoms with E-state index in [9.17, 15) is 19.2 Å². The molecule has 2 amide bonds. The van der Waals surface area contributed by atoms with Crippen LogP contribution >= 0.6 is 0 Å². The summed E-state index contributed by atoms with van der Waals surface area (Å²) in [5.41, 5.74) is 1.23. The highest BCUT2D eigenvalue weighted by Gasteiger charge is 2.15. The Balaban J connectivity index is 1.94. The first-order chi connectivity index (χ1) is 13.4. The summed E-state index contributed by atoms with van der Waals surface area (Å²) in [6.07, 6.45) is -0.449. The molecule has 0 atom stereocenters. The van der Waals surface area contributed by atoms with Crippen LogP contribution < -0.4 is 10.6 Å². The molecule has 2 N–H and O–H groups in total. The lowest BCUT2D eigenvalue weighted by Gasteiger charge is -2.10. The fourth-order valence-corrected chi connectivity index (χ4v) is 2.33. The van der Waals surface area contributed by atoms with Crippen molar-refractivity contribution in [3.8, 4) is 0 Å². The topological polar surface area (TPSA) is 111 Å². The predicted molar refractivity (Wildman–Crippen MR) is 102 cm³/mol. The van der Waals surface area contributed by atoms with E-state index in [1.54, 1.807) is 19.1 Å². The number of anilines is 2. The molecular weight excluding hydrogens is 364 g/mol. The van der Waals surface area contributed by atoms with Gasteiger partial charge in [-0.1, -0.05) is 12.1 Å². The molecule has 0 saturated carbocycles. The molecule has 0 aliphatic heterocycles. The normalized spacial score (nSPS) is 9.93. The largest absolute Gasteiger partial charge is 0.465 e. The lowest BCUT2D eigenvalue weighted by molar-refractivity contribution is -0.123. The van der Waals surface area contributed by atoms with Crippen LogP contribution in [0.5, 0.6) is 0 Å². The van der Waals surface area contributed by atoms with Crippen molar-refractivity contribution in [3.05, 3.63) is 59.7 Å². The summed E-state index contributed by atoms with van der Waals surface area (Å²) < 4.78 is 9.54. The van der Waals surface area contributed by atoms with Crippen molar-refractivity contribution in [1.29, 1.82) is 0 Å². The summed E-state index contributed by atoms with van der Waals surface area (Å²) in [6, 6.07) is 12.4. The quantitative estimate of drug-likeness (QED) is 0.561. The Morgan fingerprint density at radius 2 is 1.50 bits per heavy atom. The highest BCUT2D eigenvalue weighted by molar-refractivity contribution is 6.10. The maximum Gasteiger partial charge on any atom is 0.339 e. The minimum Gasteiger partial charge on any atom is -0.465 e. The molecule has 0 aromatic heterocycles. The van der Waals surface area contributed by atoms with Gasteiger partial charge in [0.2, 0.25) is 11.8 Å². The first-order valence-electron chi connectivity index (χ1n) is 8.48. The number of nitrogens with one attached hydrogen (secondary N) is 2. The molecule has 0 spiro atoms. The summed E-state index contributed by atoms with van der Waals surface area (Å²) >= 11 is 0. The van der Waals surface area contributed by atoms with E-state index < -0.39 is 30.2 Å². The van der Waals surface area contributed by atoms with Crippen LogP contribution in [0.4, 0.5) is 11.4 Å². The summed E-state index contributed by atoms with van der Waals surface area (Å²) in [5.74, 6) is -2.18. The molecule has 0 aliphatic carbocycles. The Hall–Kier alpha value is -3.68. The number of para-hydroxylation sites is 1. The van der Waals surface area contributed by atoms with Crippen molar-refractivity contribution in [3.63, 3.8) is 0 Å². The van der Waals surface area contributed by atoms with Crippen molar-refractivity contribution >= 4 is 35.1 Å². The van der Waals surface area contributed by atoms with Gasteiger partial charge in [-0.05, 0) is 43.3 Å². The van der Waals surface area contributed by atoms with E-state index >= 15 is 0 Å². The number of amides is 2. The van der Waals surface area contributed by atoms with E-state index in [1.165, 1.54) is 43.5 Å². The first kappa shape index (κ1) is 20.6. The maximum atomic E-state index is 12.1. The van der Waals surface area contributed by atoms with Gasteiger partial charge in [-0.2, -0.15) is 0 Å². The van der Waals surface area contributed by atoms with Gasteiger partial charge >= 0.3 is 11.9 Å². The van der Waals surface area contributed by atoms with Crippen molar-refractivity contribution in [2.45, 2.75) is 13.3 Å². The number of carbonyl (C=O) groups is 4. The Bertz CT molecular complexity index is 877. The van der Waals surface area contributed by atoms with Crippen molar-refractivity contribution in [2.24, 2.45) is 0 Å². The fraction of sp³-hybridized carbons (Fsp3) is 0.200. The Labute approximate surface area is 161 Å². The molecule has 0 unspecified atom stereocenters. The SMILES string of the molecule is CCOC(=O)c1ccc(NC(=O)CC(=O)Nc2ccccc2C(=O)OC)cc1. The van der Waals surface area contributed by atoms with E-state index in [-0.39, 0.29) is 17.9 Å². The van der Waals surface area contributed by atoms with Gasteiger partial charge in [0.1, 0.15) is 6.42 Å². The Kier molecular flexibility index (Phi) is 7.27. The molecule has 2 aromatic carbocycles. The van der Waals surface area contributed by atoms with Gasteiger partial charge in [0.15, 0.2) is 0 Å². The van der Waals surface area contributed by atoms with E-state index in [2.05, 4.69) is 15.4 Å². The third-order valence-electron chi connectivity index (χ3n) is 3.61. The summed E-state index contributed by atoms with van der Waals surface area (Å²) in [5, 5.41) is 5.08. The lowest BCUT2D eigenvalue weighted by Crippen LogP contribution is -2.22. The number of carbonyl (C=O) groups excluding carboxylic acids is 4. The van der Waals surface area contributed by atoms with Crippen LogP contribution in [0.15, 0.2) is 48.5 Å². The van der Waals surface area contributed by atoms with Gasteiger partial charge in [0.05, 0.1) is 30.5 Å². The third-order valence-corrected chi connectivity index (χ3v) is 3.61. The molecule has 0 heterocycles. The van der Waals surface area contributed by atoms with Crippen LogP contribution in [0, 0.1) is 0 Å². The highest BCUT2D eigenvalue weighted by Crippen LogP contribution is 2.16. The van der Waals surface area contributed by atoms with E-state index in [1.807, 2.05) is 0 Å². The van der Waals surface area contributed by atoms with Gasteiger partial charge < -0.3 is 20.1 Å². The fourth-order valence-electron chi connectivity index (χ4n) is 2.33. The number of benzene rings is 2. The molecule has 146 valence electrons. The van der Waals surface area contributed by atoms with Gasteiger partial charge in [-0.3, -0.25) is 9.59 Å². The number of ether oxygens (including phenoxy) is 2. The maximum absolute atomic E-state index is 12.1. The van der Waals surface area contributed by atoms with E-state index in [0.717, 1.165) is 0 Å². The number of hydrogen-bond acceptors (Lipinski definition) is 6. The highest BCUT2D eigenvalue weighted by atomic mass is 16.5. The van der Waals surface area contributed by atoms with Gasteiger partial charge in [-0.15, -0.1) is 0 Å². The zero-order valence-electron chi connectivity index (χ0n) is 15.5. The first-order valence-corrected chi connectivity index (χ1v) is 8.48. The van der Waals surface area contributed by atoms with Crippen LogP contribution in [0.25, 0.3) is 0 Å². The van der Waals surface area contributed by atoms with Crippen LogP contribution in [0.2, 0.25) is 0 Å². The van der Waals surface area contributed by atoms with Gasteiger partial charge in [0, 0.05) is 5.69 Å². The second-order valence-corrected chi connectivity index (χ2v) is 5.61. The lowest BCUT2D eigenvalue weighted by atomic mass is 10.1. The van der Waals surface area contributed by atoms with Crippen molar-refractivity contribution in [2.75, 3.05) is 24.4 Å². The number of esters is 2. The molecule has 0 bridgehead atoms. The molecule has 0 aliphatic rings. The summed E-state index contributed by atoms with van der Waals surface area (Å²) in [7, 11) is 1.24. The minimum atomic E-state index is -0.595. The van der Waals surface area contributed by atoms with Gasteiger partial charge in [0.25, 0.3) is 0 Å². The zero-order valence-corrected chi connectivity index (χ0v) is 15.5. The standard InChI is InChI=1S/C20H20N2O6/c1-3-28-19(25)13-8-10-14(11-9-13)21-17(23)12-18(24)22-16-7-5-4-6-15(16)20(26)27-2/h4-11H,3,12H2,1-2H3,(H,21,23)(H,22,24). The third kappa shape index (κ3) is 5.66.